The average molecular weight is 257 g/mol. The van der Waals surface area contributed by atoms with Gasteiger partial charge in [0, 0.05) is 23.7 Å². The summed E-state index contributed by atoms with van der Waals surface area (Å²) < 4.78 is 0. The molecule has 1 amide bonds. The quantitative estimate of drug-likeness (QED) is 0.881. The van der Waals surface area contributed by atoms with Crippen LogP contribution in [0.15, 0.2) is 36.5 Å². The first-order valence-electron chi connectivity index (χ1n) is 6.46. The molecule has 0 aliphatic heterocycles. The van der Waals surface area contributed by atoms with Crippen LogP contribution in [-0.2, 0) is 0 Å². The zero-order valence-electron chi connectivity index (χ0n) is 11.3. The largest absolute Gasteiger partial charge is 0.344 e. The number of pyridine rings is 1. The first-order valence-corrected chi connectivity index (χ1v) is 6.46. The van der Waals surface area contributed by atoms with E-state index in [2.05, 4.69) is 10.3 Å². The van der Waals surface area contributed by atoms with Crippen LogP contribution in [0.4, 0.5) is 0 Å². The lowest BCUT2D eigenvalue weighted by Crippen LogP contribution is -2.51. The molecule has 0 spiro atoms. The van der Waals surface area contributed by atoms with Crippen LogP contribution in [0, 0.1) is 0 Å². The fourth-order valence-electron chi connectivity index (χ4n) is 1.92. The van der Waals surface area contributed by atoms with Gasteiger partial charge in [0.1, 0.15) is 5.69 Å². The summed E-state index contributed by atoms with van der Waals surface area (Å²) in [5.74, 6) is -0.174. The highest BCUT2D eigenvalue weighted by Gasteiger charge is 2.24. The van der Waals surface area contributed by atoms with Crippen molar-refractivity contribution in [3.05, 3.63) is 42.2 Å². The monoisotopic (exact) mass is 257 g/mol. The van der Waals surface area contributed by atoms with Gasteiger partial charge in [-0.25, -0.2) is 0 Å². The zero-order valence-corrected chi connectivity index (χ0v) is 11.3. The van der Waals surface area contributed by atoms with Gasteiger partial charge in [0.05, 0.1) is 0 Å². The van der Waals surface area contributed by atoms with Gasteiger partial charge in [-0.3, -0.25) is 9.78 Å². The molecule has 1 unspecified atom stereocenters. The maximum Gasteiger partial charge on any atom is 0.270 e. The summed E-state index contributed by atoms with van der Waals surface area (Å²) >= 11 is 0. The second kappa shape index (κ2) is 5.36. The van der Waals surface area contributed by atoms with Crippen LogP contribution in [0.5, 0.6) is 0 Å². The second-order valence-corrected chi connectivity index (χ2v) is 4.95. The Morgan fingerprint density at radius 2 is 2.11 bits per heavy atom. The molecular weight excluding hydrogens is 238 g/mol. The third-order valence-corrected chi connectivity index (χ3v) is 3.53. The van der Waals surface area contributed by atoms with E-state index in [0.717, 1.165) is 17.2 Å². The van der Waals surface area contributed by atoms with Gasteiger partial charge in [-0.05, 0) is 24.8 Å². The van der Waals surface area contributed by atoms with Crippen LogP contribution in [0.25, 0.3) is 10.8 Å². The standard InChI is InChI=1S/C15H19N3O/c1-3-15(2,10-16)18-14(19)13-12-7-5-4-6-11(12)8-9-17-13/h4-9H,3,10,16H2,1-2H3,(H,18,19). The number of benzene rings is 1. The van der Waals surface area contributed by atoms with E-state index in [1.165, 1.54) is 0 Å². The van der Waals surface area contributed by atoms with Crippen molar-refractivity contribution in [1.82, 2.24) is 10.3 Å². The predicted octanol–water partition coefficient (Wildman–Crippen LogP) is 2.09. The van der Waals surface area contributed by atoms with Gasteiger partial charge in [-0.2, -0.15) is 0 Å². The summed E-state index contributed by atoms with van der Waals surface area (Å²) in [5.41, 5.74) is 5.78. The molecule has 4 heteroatoms. The Hall–Kier alpha value is -1.94. The molecule has 1 heterocycles. The highest BCUT2D eigenvalue weighted by molar-refractivity contribution is 6.05. The maximum atomic E-state index is 12.4. The first kappa shape index (κ1) is 13.5. The summed E-state index contributed by atoms with van der Waals surface area (Å²) in [6, 6.07) is 9.62. The Labute approximate surface area is 113 Å². The number of hydrogen-bond acceptors (Lipinski definition) is 3. The minimum absolute atomic E-state index is 0.174. The van der Waals surface area contributed by atoms with Crippen molar-refractivity contribution in [1.29, 1.82) is 0 Å². The normalized spacial score (nSPS) is 14.1. The van der Waals surface area contributed by atoms with Crippen LogP contribution in [0.2, 0.25) is 0 Å². The number of carbonyl (C=O) groups is 1. The van der Waals surface area contributed by atoms with Crippen LogP contribution in [0.3, 0.4) is 0 Å². The van der Waals surface area contributed by atoms with E-state index in [9.17, 15) is 4.79 Å². The Bertz CT molecular complexity index is 585. The zero-order chi connectivity index (χ0) is 13.9. The average Bonchev–Trinajstić information content (AvgIpc) is 2.46. The minimum Gasteiger partial charge on any atom is -0.344 e. The van der Waals surface area contributed by atoms with Crippen molar-refractivity contribution < 1.29 is 4.79 Å². The van der Waals surface area contributed by atoms with Gasteiger partial charge in [0.15, 0.2) is 0 Å². The Balaban J connectivity index is 2.37. The highest BCUT2D eigenvalue weighted by Crippen LogP contribution is 2.17. The molecule has 1 atom stereocenters. The Morgan fingerprint density at radius 1 is 1.37 bits per heavy atom. The molecule has 3 N–H and O–H groups in total. The number of carbonyl (C=O) groups excluding carboxylic acids is 1. The van der Waals surface area contributed by atoms with Crippen LogP contribution >= 0.6 is 0 Å². The van der Waals surface area contributed by atoms with Crippen molar-refractivity contribution in [3.63, 3.8) is 0 Å². The summed E-state index contributed by atoms with van der Waals surface area (Å²) in [6.07, 6.45) is 2.43. The van der Waals surface area contributed by atoms with E-state index >= 15 is 0 Å². The molecule has 2 rings (SSSR count). The minimum atomic E-state index is -0.393. The molecule has 0 radical (unpaired) electrons. The molecule has 4 nitrogen and oxygen atoms in total. The fraction of sp³-hybridized carbons (Fsp3) is 0.333. The maximum absolute atomic E-state index is 12.4. The molecule has 19 heavy (non-hydrogen) atoms. The molecule has 0 saturated heterocycles. The van der Waals surface area contributed by atoms with E-state index < -0.39 is 5.54 Å². The van der Waals surface area contributed by atoms with E-state index in [1.807, 2.05) is 44.2 Å². The molecule has 2 aromatic rings. The molecule has 0 fully saturated rings. The van der Waals surface area contributed by atoms with Gasteiger partial charge in [-0.1, -0.05) is 31.2 Å². The lowest BCUT2D eigenvalue weighted by molar-refractivity contribution is 0.0903. The number of nitrogens with zero attached hydrogens (tertiary/aromatic N) is 1. The summed E-state index contributed by atoms with van der Waals surface area (Å²) in [4.78, 5) is 16.6. The predicted molar refractivity (Wildman–Crippen MR) is 77.0 cm³/mol. The number of nitrogens with two attached hydrogens (primary N) is 1. The topological polar surface area (TPSA) is 68.0 Å². The SMILES string of the molecule is CCC(C)(CN)NC(=O)c1nccc2ccccc12. The molecule has 0 aliphatic rings. The van der Waals surface area contributed by atoms with Gasteiger partial charge in [0.2, 0.25) is 0 Å². The van der Waals surface area contributed by atoms with Crippen LogP contribution in [0.1, 0.15) is 30.8 Å². The second-order valence-electron chi connectivity index (χ2n) is 4.95. The van der Waals surface area contributed by atoms with E-state index in [4.69, 9.17) is 5.73 Å². The lowest BCUT2D eigenvalue weighted by atomic mass is 9.98. The first-order chi connectivity index (χ1) is 9.09. The van der Waals surface area contributed by atoms with Crippen molar-refractivity contribution in [2.45, 2.75) is 25.8 Å². The molecule has 1 aromatic carbocycles. The number of hydrogen-bond donors (Lipinski definition) is 2. The van der Waals surface area contributed by atoms with Gasteiger partial charge in [0.25, 0.3) is 5.91 Å². The van der Waals surface area contributed by atoms with Crippen molar-refractivity contribution in [2.75, 3.05) is 6.54 Å². The number of fused-ring (bicyclic) bond motifs is 1. The van der Waals surface area contributed by atoms with Gasteiger partial charge in [-0.15, -0.1) is 0 Å². The third-order valence-electron chi connectivity index (χ3n) is 3.53. The Morgan fingerprint density at radius 3 is 2.79 bits per heavy atom. The van der Waals surface area contributed by atoms with Crippen molar-refractivity contribution >= 4 is 16.7 Å². The molecule has 0 saturated carbocycles. The van der Waals surface area contributed by atoms with Gasteiger partial charge < -0.3 is 11.1 Å². The van der Waals surface area contributed by atoms with Crippen molar-refractivity contribution in [3.8, 4) is 0 Å². The smallest absolute Gasteiger partial charge is 0.270 e. The lowest BCUT2D eigenvalue weighted by Gasteiger charge is -2.27. The van der Waals surface area contributed by atoms with E-state index in [1.54, 1.807) is 6.20 Å². The van der Waals surface area contributed by atoms with Crippen molar-refractivity contribution in [2.24, 2.45) is 5.73 Å². The number of rotatable bonds is 4. The summed E-state index contributed by atoms with van der Waals surface area (Å²) in [5, 5.41) is 4.84. The summed E-state index contributed by atoms with van der Waals surface area (Å²) in [6.45, 7) is 4.35. The number of aromatic nitrogens is 1. The van der Waals surface area contributed by atoms with E-state index in [-0.39, 0.29) is 5.91 Å². The molecule has 0 aliphatic carbocycles. The fourth-order valence-corrected chi connectivity index (χ4v) is 1.92. The third kappa shape index (κ3) is 2.74. The highest BCUT2D eigenvalue weighted by atomic mass is 16.2. The number of nitrogens with one attached hydrogen (secondary N) is 1. The van der Waals surface area contributed by atoms with E-state index in [0.29, 0.717) is 12.2 Å². The number of amides is 1. The molecular formula is C15H19N3O. The molecule has 1 aromatic heterocycles. The molecule has 0 bridgehead atoms. The molecule has 100 valence electrons. The summed E-state index contributed by atoms with van der Waals surface area (Å²) in [7, 11) is 0. The Kier molecular flexibility index (Phi) is 3.81. The van der Waals surface area contributed by atoms with Crippen LogP contribution < -0.4 is 11.1 Å². The van der Waals surface area contributed by atoms with Crippen LogP contribution in [-0.4, -0.2) is 23.0 Å². The van der Waals surface area contributed by atoms with Gasteiger partial charge >= 0.3 is 0 Å².